The fourth-order valence-electron chi connectivity index (χ4n) is 2.95. The second-order valence-electron chi connectivity index (χ2n) is 7.61. The van der Waals surface area contributed by atoms with Crippen LogP contribution in [0.5, 0.6) is 5.75 Å². The molecule has 0 aliphatic carbocycles. The van der Waals surface area contributed by atoms with E-state index in [1.54, 1.807) is 12.1 Å². The van der Waals surface area contributed by atoms with Gasteiger partial charge in [0.1, 0.15) is 25.3 Å². The minimum absolute atomic E-state index is 0.0881. The molecule has 10 nitrogen and oxygen atoms in total. The van der Waals surface area contributed by atoms with Crippen LogP contribution in [-0.2, 0) is 30.0 Å². The number of rotatable bonds is 16. The van der Waals surface area contributed by atoms with Crippen LogP contribution in [0, 0.1) is 13.8 Å². The monoisotopic (exact) mass is 489 g/mol. The summed E-state index contributed by atoms with van der Waals surface area (Å²) >= 11 is 0. The number of aliphatic hydroxyl groups excluding tert-OH is 1. The average Bonchev–Trinajstić information content (AvgIpc) is 2.76. The molecule has 188 valence electrons. The van der Waals surface area contributed by atoms with E-state index in [-0.39, 0.29) is 19.8 Å². The highest BCUT2D eigenvalue weighted by molar-refractivity contribution is 7.52. The van der Waals surface area contributed by atoms with Crippen LogP contribution in [0.15, 0.2) is 12.1 Å². The molecule has 1 atom stereocenters. The zero-order chi connectivity index (χ0) is 24.7. The third kappa shape index (κ3) is 12.7. The summed E-state index contributed by atoms with van der Waals surface area (Å²) in [6, 6.07) is 3.61. The van der Waals surface area contributed by atoms with Gasteiger partial charge < -0.3 is 34.1 Å². The number of alkyl carbamates (subject to hydrolysis) is 1. The lowest BCUT2D eigenvalue weighted by Crippen LogP contribution is -2.25. The molecule has 0 aliphatic rings. The molecule has 0 spiro atoms. The Balaban J connectivity index is 2.28. The Bertz CT molecular complexity index is 777. The number of nitrogens with one attached hydrogen (secondary N) is 1. The zero-order valence-electron chi connectivity index (χ0n) is 19.6. The zero-order valence-corrected chi connectivity index (χ0v) is 20.5. The number of hydrogen-bond acceptors (Lipinski definition) is 8. The van der Waals surface area contributed by atoms with Crippen molar-refractivity contribution in [2.75, 3.05) is 32.7 Å². The van der Waals surface area contributed by atoms with Crippen LogP contribution in [0.3, 0.4) is 0 Å². The van der Waals surface area contributed by atoms with Crippen molar-refractivity contribution < 1.29 is 42.9 Å². The molecule has 0 saturated heterocycles. The number of aliphatic hydroxyl groups is 1. The summed E-state index contributed by atoms with van der Waals surface area (Å²) in [6.45, 7) is 6.64. The maximum absolute atomic E-state index is 11.9. The third-order valence-electron chi connectivity index (χ3n) is 4.49. The molecule has 11 heteroatoms. The maximum atomic E-state index is 11.9. The molecule has 1 amide bonds. The van der Waals surface area contributed by atoms with Gasteiger partial charge in [-0.2, -0.15) is 0 Å². The summed E-state index contributed by atoms with van der Waals surface area (Å²) in [5.74, 6) is 0.0287. The van der Waals surface area contributed by atoms with E-state index < -0.39 is 26.0 Å². The van der Waals surface area contributed by atoms with Gasteiger partial charge in [-0.25, -0.2) is 9.59 Å². The molecule has 0 aliphatic heterocycles. The Morgan fingerprint density at radius 2 is 1.73 bits per heavy atom. The number of hydrogen-bond donors (Lipinski definition) is 3. The third-order valence-corrected chi connectivity index (χ3v) is 5.43. The van der Waals surface area contributed by atoms with Crippen LogP contribution in [0.1, 0.15) is 55.7 Å². The van der Waals surface area contributed by atoms with Crippen LogP contribution in [-0.4, -0.2) is 54.8 Å². The van der Waals surface area contributed by atoms with Gasteiger partial charge in [0.15, 0.2) is 0 Å². The number of unbranched alkanes of at least 4 members (excludes halogenated alkanes) is 3. The van der Waals surface area contributed by atoms with Crippen molar-refractivity contribution in [1.29, 1.82) is 0 Å². The summed E-state index contributed by atoms with van der Waals surface area (Å²) in [7, 11) is -3.85. The molecule has 0 bridgehead atoms. The fraction of sp³-hybridized carbons (Fsp3) is 0.636. The largest absolute Gasteiger partial charge is 0.445 e. The van der Waals surface area contributed by atoms with E-state index in [2.05, 4.69) is 5.32 Å². The lowest BCUT2D eigenvalue weighted by Gasteiger charge is -2.13. The van der Waals surface area contributed by atoms with Gasteiger partial charge in [-0.1, -0.05) is 19.8 Å². The fourth-order valence-corrected chi connectivity index (χ4v) is 3.44. The molecule has 0 aromatic heterocycles. The summed E-state index contributed by atoms with van der Waals surface area (Å²) in [5.41, 5.74) is 2.31. The Labute approximate surface area is 195 Å². The van der Waals surface area contributed by atoms with Gasteiger partial charge in [0, 0.05) is 13.2 Å². The highest BCUT2D eigenvalue weighted by Crippen LogP contribution is 2.40. The van der Waals surface area contributed by atoms with E-state index in [1.807, 2.05) is 20.8 Å². The molecule has 3 N–H and O–H groups in total. The summed E-state index contributed by atoms with van der Waals surface area (Å²) in [6.07, 6.45) is 2.30. The minimum atomic E-state index is -3.85. The summed E-state index contributed by atoms with van der Waals surface area (Å²) in [4.78, 5) is 32.8. The van der Waals surface area contributed by atoms with Crippen molar-refractivity contribution in [3.8, 4) is 5.75 Å². The number of benzene rings is 1. The molecule has 0 heterocycles. The lowest BCUT2D eigenvalue weighted by atomic mass is 10.1. The predicted octanol–water partition coefficient (Wildman–Crippen LogP) is 3.57. The summed E-state index contributed by atoms with van der Waals surface area (Å²) < 4.78 is 31.6. The van der Waals surface area contributed by atoms with Gasteiger partial charge >= 0.3 is 19.7 Å². The summed E-state index contributed by atoms with van der Waals surface area (Å²) in [5, 5.41) is 11.3. The topological polar surface area (TPSA) is 141 Å². The molecule has 1 aromatic carbocycles. The van der Waals surface area contributed by atoms with E-state index in [4.69, 9.17) is 28.7 Å². The van der Waals surface area contributed by atoms with Gasteiger partial charge in [-0.15, -0.1) is 0 Å². The van der Waals surface area contributed by atoms with Crippen LogP contribution in [0.4, 0.5) is 4.79 Å². The van der Waals surface area contributed by atoms with Crippen molar-refractivity contribution >= 4 is 19.7 Å². The first-order valence-corrected chi connectivity index (χ1v) is 12.8. The van der Waals surface area contributed by atoms with Crippen molar-refractivity contribution in [3.63, 3.8) is 0 Å². The first-order chi connectivity index (χ1) is 15.7. The van der Waals surface area contributed by atoms with E-state index in [0.717, 1.165) is 42.4 Å². The van der Waals surface area contributed by atoms with Gasteiger partial charge in [0.2, 0.25) is 0 Å². The lowest BCUT2D eigenvalue weighted by molar-refractivity contribution is -0.139. The van der Waals surface area contributed by atoms with Crippen LogP contribution in [0.25, 0.3) is 0 Å². The Morgan fingerprint density at radius 1 is 1.06 bits per heavy atom. The SMILES string of the molecule is CCCOCC(=O)Oc1c(C)cc(COC(=O)NCCCCCCOP(=O)(O)CO)cc1C. The maximum Gasteiger partial charge on any atom is 0.407 e. The molecule has 0 radical (unpaired) electrons. The molecular weight excluding hydrogens is 453 g/mol. The van der Waals surface area contributed by atoms with Crippen LogP contribution >= 0.6 is 7.60 Å². The first-order valence-electron chi connectivity index (χ1n) is 11.0. The van der Waals surface area contributed by atoms with E-state index in [9.17, 15) is 14.2 Å². The highest BCUT2D eigenvalue weighted by atomic mass is 31.2. The number of ether oxygens (including phenoxy) is 3. The Morgan fingerprint density at radius 3 is 2.36 bits per heavy atom. The van der Waals surface area contributed by atoms with Gasteiger partial charge in [0.05, 0.1) is 6.61 Å². The second kappa shape index (κ2) is 15.8. The van der Waals surface area contributed by atoms with Crippen LogP contribution in [0.2, 0.25) is 0 Å². The van der Waals surface area contributed by atoms with E-state index in [0.29, 0.717) is 25.3 Å². The van der Waals surface area contributed by atoms with Gasteiger partial charge in [-0.05, 0) is 61.9 Å². The number of carbonyl (C=O) groups is 2. The first kappa shape index (κ1) is 29.1. The highest BCUT2D eigenvalue weighted by Gasteiger charge is 2.16. The van der Waals surface area contributed by atoms with Crippen LogP contribution < -0.4 is 10.1 Å². The number of amides is 1. The number of esters is 1. The number of aryl methyl sites for hydroxylation is 2. The predicted molar refractivity (Wildman–Crippen MR) is 122 cm³/mol. The standard InChI is InChI=1S/C22H36NO9P/c1-4-10-29-15-20(25)32-21-17(2)12-19(13-18(21)3)14-30-22(26)23-9-7-5-6-8-11-31-33(27,28)16-24/h12-13,24H,4-11,14-16H2,1-3H3,(H,23,26)(H,27,28). The second-order valence-corrected chi connectivity index (χ2v) is 9.43. The molecule has 0 saturated carbocycles. The van der Waals surface area contributed by atoms with Crippen molar-refractivity contribution in [2.45, 2.75) is 59.5 Å². The van der Waals surface area contributed by atoms with E-state index >= 15 is 0 Å². The minimum Gasteiger partial charge on any atom is -0.445 e. The van der Waals surface area contributed by atoms with Crippen molar-refractivity contribution in [3.05, 3.63) is 28.8 Å². The Kier molecular flexibility index (Phi) is 13.9. The quantitative estimate of drug-likeness (QED) is 0.137. The molecule has 1 unspecified atom stereocenters. The van der Waals surface area contributed by atoms with Gasteiger partial charge in [0.25, 0.3) is 0 Å². The molecule has 33 heavy (non-hydrogen) atoms. The van der Waals surface area contributed by atoms with E-state index in [1.165, 1.54) is 0 Å². The number of carbonyl (C=O) groups excluding carboxylic acids is 2. The molecule has 1 rings (SSSR count). The van der Waals surface area contributed by atoms with Crippen molar-refractivity contribution in [2.24, 2.45) is 0 Å². The van der Waals surface area contributed by atoms with Crippen molar-refractivity contribution in [1.82, 2.24) is 5.32 Å². The smallest absolute Gasteiger partial charge is 0.407 e. The average molecular weight is 490 g/mol. The normalized spacial score (nSPS) is 12.8. The van der Waals surface area contributed by atoms with Gasteiger partial charge in [-0.3, -0.25) is 4.57 Å². The molecular formula is C22H36NO9P. The molecule has 1 aromatic rings. The molecule has 0 fully saturated rings. The Hall–Kier alpha value is -1.97.